The van der Waals surface area contributed by atoms with Crippen LogP contribution in [0.4, 0.5) is 0 Å². The minimum atomic E-state index is -0.239. The van der Waals surface area contributed by atoms with Crippen molar-refractivity contribution < 1.29 is 14.3 Å². The normalized spacial score (nSPS) is 43.4. The highest BCUT2D eigenvalue weighted by molar-refractivity contribution is 8.01. The lowest BCUT2D eigenvalue weighted by molar-refractivity contribution is 0.0381. The van der Waals surface area contributed by atoms with E-state index in [1.54, 1.807) is 7.11 Å². The van der Waals surface area contributed by atoms with Gasteiger partial charge in [-0.3, -0.25) is 0 Å². The van der Waals surface area contributed by atoms with Gasteiger partial charge in [-0.15, -0.1) is 23.5 Å². The molecule has 0 saturated heterocycles. The maximum absolute atomic E-state index is 13.2. The van der Waals surface area contributed by atoms with Gasteiger partial charge in [0.25, 0.3) is 0 Å². The molecule has 0 atom stereocenters. The summed E-state index contributed by atoms with van der Waals surface area (Å²) in [7, 11) is 3.25. The molecule has 34 heavy (non-hydrogen) atoms. The third-order valence-electron chi connectivity index (χ3n) is 10.3. The number of rotatable bonds is 6. The van der Waals surface area contributed by atoms with Gasteiger partial charge in [0.15, 0.2) is 0 Å². The standard InChI is InChI=1S/C29H38O3S2/c1-31-26-24(34-29-14-20-8-21(15-29)10-22(9-20)16-29)4-3-23(25(26)27(30)32-2)33-28-11-17-5-18(12-28)7-19(6-17)13-28/h3-4,17-22H,5-16H2,1-2H3. The number of benzene rings is 1. The summed E-state index contributed by atoms with van der Waals surface area (Å²) >= 11 is 4.02. The maximum Gasteiger partial charge on any atom is 0.342 e. The Labute approximate surface area is 212 Å². The molecule has 0 aromatic heterocycles. The fourth-order valence-corrected chi connectivity index (χ4v) is 13.7. The first-order chi connectivity index (χ1) is 16.5. The van der Waals surface area contributed by atoms with E-state index < -0.39 is 0 Å². The molecule has 8 aliphatic carbocycles. The van der Waals surface area contributed by atoms with Gasteiger partial charge >= 0.3 is 5.97 Å². The molecule has 0 unspecified atom stereocenters. The number of ether oxygens (including phenoxy) is 2. The third kappa shape index (κ3) is 3.66. The van der Waals surface area contributed by atoms with Crippen LogP contribution in [0, 0.1) is 35.5 Å². The highest BCUT2D eigenvalue weighted by atomic mass is 32.2. The molecular formula is C29H38O3S2. The molecule has 184 valence electrons. The fraction of sp³-hybridized carbons (Fsp3) is 0.759. The van der Waals surface area contributed by atoms with Crippen LogP contribution in [-0.2, 0) is 4.74 Å². The predicted octanol–water partition coefficient (Wildman–Crippen LogP) is 7.60. The summed E-state index contributed by atoms with van der Waals surface area (Å²) < 4.78 is 12.0. The number of hydrogen-bond acceptors (Lipinski definition) is 5. The van der Waals surface area contributed by atoms with Crippen molar-refractivity contribution in [3.05, 3.63) is 17.7 Å². The number of methoxy groups -OCH3 is 2. The Morgan fingerprint density at radius 2 is 1.09 bits per heavy atom. The molecule has 0 aliphatic heterocycles. The molecule has 1 aromatic rings. The van der Waals surface area contributed by atoms with Gasteiger partial charge in [-0.05, 0) is 125 Å². The number of thioether (sulfide) groups is 2. The van der Waals surface area contributed by atoms with Crippen LogP contribution in [0.2, 0.25) is 0 Å². The zero-order valence-electron chi connectivity index (χ0n) is 20.6. The third-order valence-corrected chi connectivity index (χ3v) is 13.3. The van der Waals surface area contributed by atoms with E-state index in [1.807, 2.05) is 23.5 Å². The highest BCUT2D eigenvalue weighted by Gasteiger charge is 2.53. The molecule has 8 bridgehead atoms. The molecule has 0 N–H and O–H groups in total. The van der Waals surface area contributed by atoms with Crippen molar-refractivity contribution in [2.75, 3.05) is 14.2 Å². The van der Waals surface area contributed by atoms with Crippen LogP contribution in [0.25, 0.3) is 0 Å². The Balaban J connectivity index is 1.23. The summed E-state index contributed by atoms with van der Waals surface area (Å²) in [4.78, 5) is 15.4. The first-order valence-corrected chi connectivity index (χ1v) is 15.3. The lowest BCUT2D eigenvalue weighted by Gasteiger charge is -2.56. The van der Waals surface area contributed by atoms with Gasteiger partial charge < -0.3 is 9.47 Å². The van der Waals surface area contributed by atoms with E-state index in [1.165, 1.54) is 84.2 Å². The molecule has 0 radical (unpaired) electrons. The molecule has 0 amide bonds. The Morgan fingerprint density at radius 3 is 1.47 bits per heavy atom. The predicted molar refractivity (Wildman–Crippen MR) is 138 cm³/mol. The summed E-state index contributed by atoms with van der Waals surface area (Å²) in [5, 5.41) is 0. The van der Waals surface area contributed by atoms with Gasteiger partial charge in [0.05, 0.1) is 19.1 Å². The van der Waals surface area contributed by atoms with Crippen molar-refractivity contribution in [2.45, 2.75) is 96.3 Å². The lowest BCUT2D eigenvalue weighted by Crippen LogP contribution is -2.48. The fourth-order valence-electron chi connectivity index (χ4n) is 9.99. The molecular weight excluding hydrogens is 460 g/mol. The number of hydrogen-bond donors (Lipinski definition) is 0. The quantitative estimate of drug-likeness (QED) is 0.377. The van der Waals surface area contributed by atoms with Crippen LogP contribution in [0.1, 0.15) is 87.4 Å². The van der Waals surface area contributed by atoms with Gasteiger partial charge in [0.1, 0.15) is 11.3 Å². The van der Waals surface area contributed by atoms with E-state index in [0.29, 0.717) is 15.1 Å². The first kappa shape index (κ1) is 22.4. The van der Waals surface area contributed by atoms with Crippen LogP contribution < -0.4 is 4.74 Å². The van der Waals surface area contributed by atoms with Crippen molar-refractivity contribution in [3.63, 3.8) is 0 Å². The van der Waals surface area contributed by atoms with Gasteiger partial charge in [0.2, 0.25) is 0 Å². The second kappa shape index (κ2) is 8.10. The van der Waals surface area contributed by atoms with Crippen molar-refractivity contribution >= 4 is 29.5 Å². The Morgan fingerprint density at radius 1 is 0.706 bits per heavy atom. The van der Waals surface area contributed by atoms with Gasteiger partial charge in [-0.25, -0.2) is 4.79 Å². The number of carbonyl (C=O) groups excluding carboxylic acids is 1. The van der Waals surface area contributed by atoms with Gasteiger partial charge in [0, 0.05) is 14.4 Å². The average Bonchev–Trinajstić information content (AvgIpc) is 2.77. The largest absolute Gasteiger partial charge is 0.495 e. The molecule has 0 heterocycles. The van der Waals surface area contributed by atoms with Crippen molar-refractivity contribution in [3.8, 4) is 5.75 Å². The lowest BCUT2D eigenvalue weighted by atomic mass is 9.56. The summed E-state index contributed by atoms with van der Waals surface area (Å²) in [5.74, 6) is 5.95. The van der Waals surface area contributed by atoms with Crippen molar-refractivity contribution in [1.82, 2.24) is 0 Å². The van der Waals surface area contributed by atoms with E-state index >= 15 is 0 Å². The molecule has 8 saturated carbocycles. The van der Waals surface area contributed by atoms with Crippen LogP contribution in [0.5, 0.6) is 5.75 Å². The minimum Gasteiger partial charge on any atom is -0.495 e. The Hall–Kier alpha value is -0.810. The molecule has 9 rings (SSSR count). The molecule has 8 fully saturated rings. The van der Waals surface area contributed by atoms with Gasteiger partial charge in [-0.2, -0.15) is 0 Å². The molecule has 0 spiro atoms. The second-order valence-corrected chi connectivity index (χ2v) is 15.9. The zero-order chi connectivity index (χ0) is 23.1. The van der Waals surface area contributed by atoms with Crippen molar-refractivity contribution in [2.24, 2.45) is 35.5 Å². The highest BCUT2D eigenvalue weighted by Crippen LogP contribution is 2.64. The van der Waals surface area contributed by atoms with E-state index in [9.17, 15) is 4.79 Å². The van der Waals surface area contributed by atoms with Crippen LogP contribution in [0.15, 0.2) is 21.9 Å². The Bertz CT molecular complexity index is 931. The van der Waals surface area contributed by atoms with E-state index in [0.717, 1.165) is 51.0 Å². The first-order valence-electron chi connectivity index (χ1n) is 13.6. The summed E-state index contributed by atoms with van der Waals surface area (Å²) in [6, 6.07) is 4.51. The van der Waals surface area contributed by atoms with E-state index in [-0.39, 0.29) is 5.97 Å². The molecule has 3 nitrogen and oxygen atoms in total. The maximum atomic E-state index is 13.2. The SMILES string of the molecule is COC(=O)c1c(SC23CC4CC(CC(C4)C2)C3)ccc(SC23CC4CC(CC(C4)C2)C3)c1OC. The second-order valence-electron chi connectivity index (χ2n) is 12.9. The minimum absolute atomic E-state index is 0.239. The molecule has 1 aromatic carbocycles. The number of carbonyl (C=O) groups is 1. The average molecular weight is 499 g/mol. The van der Waals surface area contributed by atoms with E-state index in [4.69, 9.17) is 9.47 Å². The topological polar surface area (TPSA) is 35.5 Å². The van der Waals surface area contributed by atoms with Crippen molar-refractivity contribution in [1.29, 1.82) is 0 Å². The smallest absolute Gasteiger partial charge is 0.342 e. The monoisotopic (exact) mass is 498 g/mol. The van der Waals surface area contributed by atoms with Crippen LogP contribution >= 0.6 is 23.5 Å². The van der Waals surface area contributed by atoms with Gasteiger partial charge in [-0.1, -0.05) is 0 Å². The van der Waals surface area contributed by atoms with E-state index in [2.05, 4.69) is 12.1 Å². The summed E-state index contributed by atoms with van der Waals surface area (Å²) in [6.45, 7) is 0. The molecule has 5 heteroatoms. The summed E-state index contributed by atoms with van der Waals surface area (Å²) in [5.41, 5.74) is 0.681. The Kier molecular flexibility index (Phi) is 5.33. The zero-order valence-corrected chi connectivity index (χ0v) is 22.3. The number of esters is 1. The van der Waals surface area contributed by atoms with Crippen LogP contribution in [0.3, 0.4) is 0 Å². The summed E-state index contributed by atoms with van der Waals surface area (Å²) in [6.07, 6.45) is 16.6. The molecule has 8 aliphatic rings. The van der Waals surface area contributed by atoms with Crippen LogP contribution in [-0.4, -0.2) is 29.7 Å².